The highest BCUT2D eigenvalue weighted by Gasteiger charge is 2.51. The van der Waals surface area contributed by atoms with Crippen LogP contribution in [-0.2, 0) is 14.7 Å². The third-order valence-electron chi connectivity index (χ3n) is 4.08. The molecule has 0 unspecified atom stereocenters. The molecule has 2 heterocycles. The summed E-state index contributed by atoms with van der Waals surface area (Å²) in [6.45, 7) is 14.7. The van der Waals surface area contributed by atoms with E-state index in [2.05, 4.69) is 65.6 Å². The highest BCUT2D eigenvalue weighted by molar-refractivity contribution is 6.62. The maximum atomic E-state index is 6.01. The van der Waals surface area contributed by atoms with Gasteiger partial charge in [0.1, 0.15) is 0 Å². The predicted molar refractivity (Wildman–Crippen MR) is 85.4 cm³/mol. The first kappa shape index (κ1) is 17.2. The molecule has 2 rings (SSSR count). The molecule has 3 nitrogen and oxygen atoms in total. The lowest BCUT2D eigenvalue weighted by Gasteiger charge is -2.32. The van der Waals surface area contributed by atoms with Crippen molar-refractivity contribution in [3.63, 3.8) is 0 Å². The van der Waals surface area contributed by atoms with Crippen molar-refractivity contribution < 1.29 is 9.31 Å². The maximum absolute atomic E-state index is 6.01. The minimum absolute atomic E-state index is 0. The normalized spacial score (nSPS) is 20.6. The summed E-state index contributed by atoms with van der Waals surface area (Å²) in [7, 11) is -0.327. The second-order valence-electron chi connectivity index (χ2n) is 7.32. The van der Waals surface area contributed by atoms with Gasteiger partial charge in [-0.15, -0.1) is 0 Å². The van der Waals surface area contributed by atoms with Gasteiger partial charge in [-0.25, -0.2) is 0 Å². The van der Waals surface area contributed by atoms with Gasteiger partial charge in [0.15, 0.2) is 0 Å². The summed E-state index contributed by atoms with van der Waals surface area (Å²) in [6, 6.07) is 4.11. The summed E-state index contributed by atoms with van der Waals surface area (Å²) in [5.74, 6) is 0. The van der Waals surface area contributed by atoms with Crippen LogP contribution in [0.3, 0.4) is 0 Å². The first-order valence-corrected chi connectivity index (χ1v) is 6.85. The molecule has 0 aliphatic carbocycles. The standard InChI is InChI=1S/C15H24BNO2.CH4/c1-13(2,3)12-9-8-11(10-17-12)16-18-14(4,5)15(6,7)19-16;/h8-10H,1-7H3;1H4/i1+1,2+1,13+1;. The largest absolute Gasteiger partial charge is 0.496 e. The van der Waals surface area contributed by atoms with E-state index >= 15 is 0 Å². The van der Waals surface area contributed by atoms with Gasteiger partial charge in [0.2, 0.25) is 0 Å². The fourth-order valence-electron chi connectivity index (χ4n) is 1.97. The lowest BCUT2D eigenvalue weighted by molar-refractivity contribution is 0.00578. The van der Waals surface area contributed by atoms with Gasteiger partial charge in [0.25, 0.3) is 0 Å². The summed E-state index contributed by atoms with van der Waals surface area (Å²) in [5, 5.41) is 0. The Hall–Kier alpha value is -0.865. The molecule has 20 heavy (non-hydrogen) atoms. The molecule has 0 atom stereocenters. The summed E-state index contributed by atoms with van der Waals surface area (Å²) >= 11 is 0. The van der Waals surface area contributed by atoms with E-state index in [4.69, 9.17) is 9.31 Å². The molecule has 0 saturated carbocycles. The molecule has 1 aliphatic rings. The van der Waals surface area contributed by atoms with Crippen molar-refractivity contribution >= 4 is 12.6 Å². The van der Waals surface area contributed by atoms with Crippen LogP contribution in [0.25, 0.3) is 0 Å². The molecule has 0 amide bonds. The van der Waals surface area contributed by atoms with Crippen LogP contribution in [-0.4, -0.2) is 23.3 Å². The number of hydrogen-bond donors (Lipinski definition) is 0. The van der Waals surface area contributed by atoms with Gasteiger partial charge in [0, 0.05) is 22.8 Å². The topological polar surface area (TPSA) is 31.4 Å². The first-order chi connectivity index (χ1) is 8.53. The Kier molecular flexibility index (Phi) is 4.43. The van der Waals surface area contributed by atoms with E-state index < -0.39 is 0 Å². The van der Waals surface area contributed by atoms with Crippen LogP contribution in [0.1, 0.15) is 61.6 Å². The van der Waals surface area contributed by atoms with Gasteiger partial charge >= 0.3 is 7.12 Å². The van der Waals surface area contributed by atoms with Crippen LogP contribution in [0.15, 0.2) is 18.3 Å². The second-order valence-corrected chi connectivity index (χ2v) is 7.32. The van der Waals surface area contributed by atoms with Crippen LogP contribution in [0, 0.1) is 0 Å². The molecular weight excluding hydrogens is 252 g/mol. The minimum Gasteiger partial charge on any atom is -0.399 e. The lowest BCUT2D eigenvalue weighted by Crippen LogP contribution is -2.41. The quantitative estimate of drug-likeness (QED) is 0.584. The fourth-order valence-corrected chi connectivity index (χ4v) is 1.97. The Morgan fingerprint density at radius 3 is 1.85 bits per heavy atom. The number of nitrogens with zero attached hydrogens (tertiary/aromatic N) is 1. The number of rotatable bonds is 1. The Balaban J connectivity index is 0.00000200. The van der Waals surface area contributed by atoms with E-state index in [0.717, 1.165) is 11.2 Å². The minimum atomic E-state index is -0.327. The molecule has 1 aliphatic heterocycles. The van der Waals surface area contributed by atoms with Crippen molar-refractivity contribution in [1.29, 1.82) is 0 Å². The zero-order chi connectivity index (χ0) is 14.5. The first-order valence-electron chi connectivity index (χ1n) is 6.85. The Labute approximate surface area is 124 Å². The highest BCUT2D eigenvalue weighted by atomic mass is 16.7. The van der Waals surface area contributed by atoms with E-state index in [-0.39, 0.29) is 31.2 Å². The average molecular weight is 280 g/mol. The molecule has 1 aromatic rings. The fraction of sp³-hybridized carbons (Fsp3) is 0.688. The lowest BCUT2D eigenvalue weighted by atomic mass is 9.80. The van der Waals surface area contributed by atoms with Crippen LogP contribution in [0.5, 0.6) is 0 Å². The van der Waals surface area contributed by atoms with Crippen LogP contribution >= 0.6 is 0 Å². The molecule has 1 aromatic heterocycles. The zero-order valence-electron chi connectivity index (χ0n) is 13.1. The van der Waals surface area contributed by atoms with Crippen LogP contribution in [0.4, 0.5) is 0 Å². The number of aromatic nitrogens is 1. The number of hydrogen-bond acceptors (Lipinski definition) is 3. The molecule has 0 N–H and O–H groups in total. The van der Waals surface area contributed by atoms with Gasteiger partial charge in [-0.2, -0.15) is 0 Å². The van der Waals surface area contributed by atoms with Gasteiger partial charge in [-0.05, 0) is 33.8 Å². The third-order valence-corrected chi connectivity index (χ3v) is 4.08. The van der Waals surface area contributed by atoms with Crippen molar-refractivity contribution in [3.05, 3.63) is 24.0 Å². The molecule has 0 spiro atoms. The molecular formula is C16H28BNO2. The molecule has 112 valence electrons. The monoisotopic (exact) mass is 280 g/mol. The van der Waals surface area contributed by atoms with Crippen molar-refractivity contribution in [2.75, 3.05) is 0 Å². The predicted octanol–water partition coefficient (Wildman–Crippen LogP) is 3.31. The van der Waals surface area contributed by atoms with Gasteiger partial charge in [-0.3, -0.25) is 4.98 Å². The van der Waals surface area contributed by atoms with E-state index in [0.29, 0.717) is 0 Å². The maximum Gasteiger partial charge on any atom is 0.496 e. The highest BCUT2D eigenvalue weighted by Crippen LogP contribution is 2.36. The van der Waals surface area contributed by atoms with Gasteiger partial charge in [0.05, 0.1) is 11.2 Å². The van der Waals surface area contributed by atoms with Crippen molar-refractivity contribution in [3.8, 4) is 0 Å². The van der Waals surface area contributed by atoms with E-state index in [1.807, 2.05) is 6.20 Å². The molecule has 0 radical (unpaired) electrons. The Morgan fingerprint density at radius 1 is 1.00 bits per heavy atom. The summed E-state index contributed by atoms with van der Waals surface area (Å²) in [5.41, 5.74) is 1.51. The van der Waals surface area contributed by atoms with E-state index in [1.54, 1.807) is 0 Å². The summed E-state index contributed by atoms with van der Waals surface area (Å²) < 4.78 is 12.0. The van der Waals surface area contributed by atoms with Crippen molar-refractivity contribution in [2.45, 2.75) is 72.5 Å². The summed E-state index contributed by atoms with van der Waals surface area (Å²) in [6.07, 6.45) is 1.86. The Bertz CT molecular complexity index is 444. The molecule has 4 heteroatoms. The zero-order valence-corrected chi connectivity index (χ0v) is 13.1. The van der Waals surface area contributed by atoms with Crippen molar-refractivity contribution in [2.24, 2.45) is 0 Å². The van der Waals surface area contributed by atoms with Crippen LogP contribution < -0.4 is 5.46 Å². The van der Waals surface area contributed by atoms with Crippen molar-refractivity contribution in [1.82, 2.24) is 4.98 Å². The SMILES string of the molecule is C.CC1(C)OB(c2ccc([13C](C)([13CH3])[13CH3])nc2)OC1(C)C. The second kappa shape index (κ2) is 5.16. The average Bonchev–Trinajstić information content (AvgIpc) is 2.47. The third kappa shape index (κ3) is 3.07. The molecule has 1 fully saturated rings. The van der Waals surface area contributed by atoms with E-state index in [1.165, 1.54) is 0 Å². The molecule has 0 bridgehead atoms. The van der Waals surface area contributed by atoms with Gasteiger partial charge in [-0.1, -0.05) is 34.3 Å². The van der Waals surface area contributed by atoms with Crippen LogP contribution in [0.2, 0.25) is 0 Å². The smallest absolute Gasteiger partial charge is 0.399 e. The molecule has 1 saturated heterocycles. The Morgan fingerprint density at radius 2 is 1.50 bits per heavy atom. The summed E-state index contributed by atoms with van der Waals surface area (Å²) in [4.78, 5) is 4.53. The number of pyridine rings is 1. The van der Waals surface area contributed by atoms with E-state index in [9.17, 15) is 0 Å². The molecule has 0 aromatic carbocycles. The van der Waals surface area contributed by atoms with Gasteiger partial charge < -0.3 is 9.31 Å².